The third-order valence-corrected chi connectivity index (χ3v) is 2.23. The second-order valence-corrected chi connectivity index (χ2v) is 3.21. The molecule has 0 aromatic heterocycles. The molecule has 1 aliphatic rings. The van der Waals surface area contributed by atoms with Crippen LogP contribution in [0.5, 0.6) is 0 Å². The van der Waals surface area contributed by atoms with Crippen LogP contribution in [0.2, 0.25) is 0 Å². The Labute approximate surface area is 82.0 Å². The molecular formula is C8H16O6. The summed E-state index contributed by atoms with van der Waals surface area (Å²) in [5, 5.41) is 28.3. The Kier molecular flexibility index (Phi) is 4.24. The Morgan fingerprint density at radius 3 is 2.21 bits per heavy atom. The molecule has 0 aliphatic carbocycles. The van der Waals surface area contributed by atoms with Crippen molar-refractivity contribution in [3.63, 3.8) is 0 Å². The SMILES string of the molecule is COC[C@@H]1OC(OC)[C@@H](O)[C@H](O)[C@H]1O. The molecular weight excluding hydrogens is 192 g/mol. The van der Waals surface area contributed by atoms with Crippen LogP contribution in [-0.4, -0.2) is 66.9 Å². The molecule has 0 spiro atoms. The smallest absolute Gasteiger partial charge is 0.186 e. The molecule has 6 nitrogen and oxygen atoms in total. The van der Waals surface area contributed by atoms with Crippen molar-refractivity contribution in [2.45, 2.75) is 30.7 Å². The van der Waals surface area contributed by atoms with Gasteiger partial charge >= 0.3 is 0 Å². The lowest BCUT2D eigenvalue weighted by atomic mass is 9.99. The molecule has 1 unspecified atom stereocenters. The van der Waals surface area contributed by atoms with Crippen LogP contribution < -0.4 is 0 Å². The molecule has 0 amide bonds. The van der Waals surface area contributed by atoms with E-state index in [0.29, 0.717) is 0 Å². The van der Waals surface area contributed by atoms with Crippen LogP contribution in [0.15, 0.2) is 0 Å². The predicted molar refractivity (Wildman–Crippen MR) is 45.6 cm³/mol. The quantitative estimate of drug-likeness (QED) is 0.501. The van der Waals surface area contributed by atoms with E-state index in [9.17, 15) is 15.3 Å². The predicted octanol–water partition coefficient (Wildman–Crippen LogP) is -1.91. The Balaban J connectivity index is 2.63. The van der Waals surface area contributed by atoms with Gasteiger partial charge in [0.1, 0.15) is 24.4 Å². The minimum atomic E-state index is -1.28. The van der Waals surface area contributed by atoms with E-state index in [-0.39, 0.29) is 6.61 Å². The summed E-state index contributed by atoms with van der Waals surface area (Å²) in [4.78, 5) is 0. The Morgan fingerprint density at radius 2 is 1.71 bits per heavy atom. The second kappa shape index (κ2) is 5.01. The fourth-order valence-electron chi connectivity index (χ4n) is 1.41. The molecule has 1 saturated heterocycles. The lowest BCUT2D eigenvalue weighted by Crippen LogP contribution is -2.59. The van der Waals surface area contributed by atoms with E-state index in [1.54, 1.807) is 0 Å². The minimum absolute atomic E-state index is 0.130. The van der Waals surface area contributed by atoms with Crippen LogP contribution >= 0.6 is 0 Å². The van der Waals surface area contributed by atoms with E-state index < -0.39 is 30.7 Å². The van der Waals surface area contributed by atoms with E-state index >= 15 is 0 Å². The number of hydrogen-bond acceptors (Lipinski definition) is 6. The van der Waals surface area contributed by atoms with E-state index in [1.165, 1.54) is 14.2 Å². The van der Waals surface area contributed by atoms with Crippen molar-refractivity contribution in [3.8, 4) is 0 Å². The lowest BCUT2D eigenvalue weighted by Gasteiger charge is -2.39. The molecule has 0 aromatic carbocycles. The van der Waals surface area contributed by atoms with Gasteiger partial charge in [0.15, 0.2) is 6.29 Å². The molecule has 0 bridgehead atoms. The maximum Gasteiger partial charge on any atom is 0.186 e. The first-order valence-corrected chi connectivity index (χ1v) is 4.33. The molecule has 3 N–H and O–H groups in total. The molecule has 0 aromatic rings. The molecule has 5 atom stereocenters. The maximum absolute atomic E-state index is 9.48. The van der Waals surface area contributed by atoms with Gasteiger partial charge in [-0.3, -0.25) is 0 Å². The Bertz CT molecular complexity index is 171. The first kappa shape index (κ1) is 11.8. The van der Waals surface area contributed by atoms with Gasteiger partial charge in [0, 0.05) is 14.2 Å². The van der Waals surface area contributed by atoms with Gasteiger partial charge in [0.05, 0.1) is 6.61 Å². The molecule has 1 fully saturated rings. The molecule has 1 heterocycles. The van der Waals surface area contributed by atoms with E-state index in [1.807, 2.05) is 0 Å². The second-order valence-electron chi connectivity index (χ2n) is 3.21. The van der Waals surface area contributed by atoms with Crippen LogP contribution in [0, 0.1) is 0 Å². The average Bonchev–Trinajstić information content (AvgIpc) is 2.19. The molecule has 1 aliphatic heterocycles. The number of aliphatic hydroxyl groups is 3. The van der Waals surface area contributed by atoms with Crippen molar-refractivity contribution in [2.24, 2.45) is 0 Å². The van der Waals surface area contributed by atoms with E-state index in [4.69, 9.17) is 14.2 Å². The lowest BCUT2D eigenvalue weighted by molar-refractivity contribution is -0.295. The maximum atomic E-state index is 9.48. The first-order valence-electron chi connectivity index (χ1n) is 4.33. The largest absolute Gasteiger partial charge is 0.387 e. The zero-order valence-corrected chi connectivity index (χ0v) is 8.16. The summed E-state index contributed by atoms with van der Waals surface area (Å²) >= 11 is 0. The summed E-state index contributed by atoms with van der Waals surface area (Å²) in [5.41, 5.74) is 0. The number of aliphatic hydroxyl groups excluding tert-OH is 3. The highest BCUT2D eigenvalue weighted by Crippen LogP contribution is 2.21. The first-order chi connectivity index (χ1) is 6.61. The monoisotopic (exact) mass is 208 g/mol. The van der Waals surface area contributed by atoms with Crippen molar-refractivity contribution in [3.05, 3.63) is 0 Å². The van der Waals surface area contributed by atoms with Crippen molar-refractivity contribution >= 4 is 0 Å². The molecule has 0 radical (unpaired) electrons. The number of ether oxygens (including phenoxy) is 3. The fourth-order valence-corrected chi connectivity index (χ4v) is 1.41. The summed E-state index contributed by atoms with van der Waals surface area (Å²) in [5.74, 6) is 0. The Morgan fingerprint density at radius 1 is 1.07 bits per heavy atom. The number of rotatable bonds is 3. The van der Waals surface area contributed by atoms with Gasteiger partial charge in [0.25, 0.3) is 0 Å². The van der Waals surface area contributed by atoms with Crippen LogP contribution in [0.3, 0.4) is 0 Å². The third-order valence-electron chi connectivity index (χ3n) is 2.23. The van der Waals surface area contributed by atoms with Crippen molar-refractivity contribution in [1.29, 1.82) is 0 Å². The Hall–Kier alpha value is -0.240. The molecule has 0 saturated carbocycles. The summed E-state index contributed by atoms with van der Waals surface area (Å²) in [7, 11) is 2.80. The zero-order chi connectivity index (χ0) is 10.7. The highest BCUT2D eigenvalue weighted by atomic mass is 16.7. The minimum Gasteiger partial charge on any atom is -0.387 e. The van der Waals surface area contributed by atoms with Gasteiger partial charge in [-0.15, -0.1) is 0 Å². The average molecular weight is 208 g/mol. The van der Waals surface area contributed by atoms with Crippen molar-refractivity contribution in [1.82, 2.24) is 0 Å². The topological polar surface area (TPSA) is 88.4 Å². The van der Waals surface area contributed by atoms with Crippen LogP contribution in [0.1, 0.15) is 0 Å². The van der Waals surface area contributed by atoms with Crippen molar-refractivity contribution < 1.29 is 29.5 Å². The summed E-state index contributed by atoms with van der Waals surface area (Å²) in [6, 6.07) is 0. The van der Waals surface area contributed by atoms with E-state index in [0.717, 1.165) is 0 Å². The molecule has 6 heteroatoms. The fraction of sp³-hybridized carbons (Fsp3) is 1.00. The summed E-state index contributed by atoms with van der Waals surface area (Å²) < 4.78 is 14.8. The highest BCUT2D eigenvalue weighted by molar-refractivity contribution is 4.88. The van der Waals surface area contributed by atoms with Gasteiger partial charge in [-0.2, -0.15) is 0 Å². The standard InChI is InChI=1S/C8H16O6/c1-12-3-4-5(9)6(10)7(11)8(13-2)14-4/h4-11H,3H2,1-2H3/t4-,5-,6+,7-,8?/m0/s1. The molecule has 1 rings (SSSR count). The number of hydrogen-bond donors (Lipinski definition) is 3. The van der Waals surface area contributed by atoms with Gasteiger partial charge < -0.3 is 29.5 Å². The summed E-state index contributed by atoms with van der Waals surface area (Å²) in [6.07, 6.45) is -5.33. The molecule has 84 valence electrons. The zero-order valence-electron chi connectivity index (χ0n) is 8.16. The molecule has 14 heavy (non-hydrogen) atoms. The van der Waals surface area contributed by atoms with Crippen molar-refractivity contribution in [2.75, 3.05) is 20.8 Å². The van der Waals surface area contributed by atoms with Gasteiger partial charge in [-0.05, 0) is 0 Å². The highest BCUT2D eigenvalue weighted by Gasteiger charge is 2.43. The van der Waals surface area contributed by atoms with Crippen LogP contribution in [0.25, 0.3) is 0 Å². The summed E-state index contributed by atoms with van der Waals surface area (Å²) in [6.45, 7) is 0.130. The van der Waals surface area contributed by atoms with Gasteiger partial charge in [-0.1, -0.05) is 0 Å². The van der Waals surface area contributed by atoms with Crippen LogP contribution in [0.4, 0.5) is 0 Å². The van der Waals surface area contributed by atoms with Gasteiger partial charge in [-0.25, -0.2) is 0 Å². The third kappa shape index (κ3) is 2.22. The van der Waals surface area contributed by atoms with Gasteiger partial charge in [0.2, 0.25) is 0 Å². The normalized spacial score (nSPS) is 43.9. The van der Waals surface area contributed by atoms with E-state index in [2.05, 4.69) is 0 Å². The number of methoxy groups -OCH3 is 2. The van der Waals surface area contributed by atoms with Crippen LogP contribution in [-0.2, 0) is 14.2 Å².